The fraction of sp³-hybridized carbons (Fsp3) is 0.125. The van der Waals surface area contributed by atoms with E-state index in [1.165, 1.54) is 0 Å². The van der Waals surface area contributed by atoms with Gasteiger partial charge in [0, 0.05) is 0 Å². The number of aliphatic hydroxyl groups is 1. The Morgan fingerprint density at radius 1 is 1.36 bits per heavy atom. The predicted octanol–water partition coefficient (Wildman–Crippen LogP) is 1.94. The molecule has 0 amide bonds. The number of halogens is 1. The second kappa shape index (κ2) is 3.51. The van der Waals surface area contributed by atoms with E-state index < -0.39 is 6.10 Å². The average molecular weight is 170 g/mol. The van der Waals surface area contributed by atoms with Crippen LogP contribution in [0.4, 0.5) is 0 Å². The van der Waals surface area contributed by atoms with Crippen LogP contribution in [0.2, 0.25) is 0 Å². The highest BCUT2D eigenvalue weighted by molar-refractivity contribution is 6.65. The molecule has 0 saturated carbocycles. The highest BCUT2D eigenvalue weighted by Gasteiger charge is 2.09. The van der Waals surface area contributed by atoms with E-state index in [0.717, 1.165) is 0 Å². The first-order valence-corrected chi connectivity index (χ1v) is 3.56. The van der Waals surface area contributed by atoms with Gasteiger partial charge in [0.05, 0.1) is 0 Å². The summed E-state index contributed by atoms with van der Waals surface area (Å²) in [4.78, 5) is 0. The highest BCUT2D eigenvalue weighted by Crippen LogP contribution is 2.14. The van der Waals surface area contributed by atoms with Crippen molar-refractivity contribution in [3.05, 3.63) is 35.9 Å². The van der Waals surface area contributed by atoms with Crippen molar-refractivity contribution in [3.63, 3.8) is 0 Å². The van der Waals surface area contributed by atoms with E-state index in [9.17, 15) is 5.11 Å². The summed E-state index contributed by atoms with van der Waals surface area (Å²) in [6.45, 7) is 0. The first-order chi connectivity index (χ1) is 5.22. The Hall–Kier alpha value is -0.860. The molecule has 11 heavy (non-hydrogen) atoms. The Labute approximate surface area is 69.9 Å². The van der Waals surface area contributed by atoms with E-state index >= 15 is 0 Å². The minimum Gasteiger partial charge on any atom is -0.381 e. The topological polar surface area (TPSA) is 44.1 Å². The Balaban J connectivity index is 2.85. The summed E-state index contributed by atoms with van der Waals surface area (Å²) in [7, 11) is 0. The molecule has 1 aromatic carbocycles. The Morgan fingerprint density at radius 3 is 2.36 bits per heavy atom. The van der Waals surface area contributed by atoms with Crippen molar-refractivity contribution in [2.24, 2.45) is 0 Å². The molecule has 2 nitrogen and oxygen atoms in total. The normalized spacial score (nSPS) is 12.5. The summed E-state index contributed by atoms with van der Waals surface area (Å²) in [5.74, 6) is 0. The Morgan fingerprint density at radius 2 is 1.91 bits per heavy atom. The van der Waals surface area contributed by atoms with Gasteiger partial charge in [0.15, 0.2) is 0 Å². The first kappa shape index (κ1) is 8.24. The summed E-state index contributed by atoms with van der Waals surface area (Å²) in [5.41, 5.74) is 0.646. The molecule has 0 aliphatic heterocycles. The van der Waals surface area contributed by atoms with Gasteiger partial charge in [-0.05, 0) is 5.56 Å². The number of hydrogen-bond donors (Lipinski definition) is 2. The molecule has 0 aromatic heterocycles. The van der Waals surface area contributed by atoms with Crippen LogP contribution in [-0.4, -0.2) is 10.3 Å². The van der Waals surface area contributed by atoms with Crippen LogP contribution in [0.15, 0.2) is 30.3 Å². The fourth-order valence-corrected chi connectivity index (χ4v) is 0.908. The maximum Gasteiger partial charge on any atom is 0.131 e. The maximum atomic E-state index is 9.24. The predicted molar refractivity (Wildman–Crippen MR) is 45.0 cm³/mol. The van der Waals surface area contributed by atoms with Crippen LogP contribution in [0.25, 0.3) is 0 Å². The highest BCUT2D eigenvalue weighted by atomic mass is 35.5. The molecule has 1 atom stereocenters. The van der Waals surface area contributed by atoms with Crippen LogP contribution in [0.3, 0.4) is 0 Å². The van der Waals surface area contributed by atoms with Gasteiger partial charge in [0.2, 0.25) is 0 Å². The van der Waals surface area contributed by atoms with Gasteiger partial charge in [-0.15, -0.1) is 0 Å². The smallest absolute Gasteiger partial charge is 0.131 e. The lowest BCUT2D eigenvalue weighted by Gasteiger charge is -2.05. The monoisotopic (exact) mass is 169 g/mol. The molecule has 0 aliphatic carbocycles. The molecular weight excluding hydrogens is 162 g/mol. The van der Waals surface area contributed by atoms with Crippen LogP contribution in [0.1, 0.15) is 11.7 Å². The molecule has 0 bridgehead atoms. The van der Waals surface area contributed by atoms with Crippen LogP contribution in [0, 0.1) is 5.41 Å². The van der Waals surface area contributed by atoms with Crippen molar-refractivity contribution in [1.29, 1.82) is 5.41 Å². The van der Waals surface area contributed by atoms with E-state index in [1.807, 2.05) is 6.07 Å². The molecule has 0 fully saturated rings. The quantitative estimate of drug-likeness (QED) is 0.653. The number of aliphatic hydroxyl groups excluding tert-OH is 1. The van der Waals surface area contributed by atoms with E-state index in [-0.39, 0.29) is 5.17 Å². The van der Waals surface area contributed by atoms with Crippen molar-refractivity contribution in [3.8, 4) is 0 Å². The van der Waals surface area contributed by atoms with Crippen LogP contribution in [-0.2, 0) is 0 Å². The number of rotatable bonds is 2. The molecular formula is C8H8ClNO. The van der Waals surface area contributed by atoms with Gasteiger partial charge in [0.1, 0.15) is 11.3 Å². The van der Waals surface area contributed by atoms with E-state index in [1.54, 1.807) is 24.3 Å². The third kappa shape index (κ3) is 2.03. The van der Waals surface area contributed by atoms with Gasteiger partial charge < -0.3 is 5.11 Å². The van der Waals surface area contributed by atoms with Gasteiger partial charge in [-0.3, -0.25) is 5.41 Å². The van der Waals surface area contributed by atoms with Gasteiger partial charge in [0.25, 0.3) is 0 Å². The second-order valence-corrected chi connectivity index (χ2v) is 2.57. The van der Waals surface area contributed by atoms with Crippen molar-refractivity contribution >= 4 is 16.8 Å². The molecule has 0 aliphatic rings. The molecule has 2 N–H and O–H groups in total. The maximum absolute atomic E-state index is 9.24. The Bertz CT molecular complexity index is 248. The van der Waals surface area contributed by atoms with Crippen LogP contribution in [0.5, 0.6) is 0 Å². The minimum atomic E-state index is -0.974. The van der Waals surface area contributed by atoms with E-state index in [2.05, 4.69) is 0 Å². The van der Waals surface area contributed by atoms with Gasteiger partial charge in [-0.25, -0.2) is 0 Å². The summed E-state index contributed by atoms with van der Waals surface area (Å²) in [5, 5.41) is 15.9. The molecule has 0 spiro atoms. The van der Waals surface area contributed by atoms with Crippen LogP contribution < -0.4 is 0 Å². The van der Waals surface area contributed by atoms with Gasteiger partial charge in [-0.1, -0.05) is 41.9 Å². The van der Waals surface area contributed by atoms with Gasteiger partial charge in [-0.2, -0.15) is 0 Å². The summed E-state index contributed by atoms with van der Waals surface area (Å²) < 4.78 is 0. The lowest BCUT2D eigenvalue weighted by atomic mass is 10.1. The zero-order valence-corrected chi connectivity index (χ0v) is 6.55. The molecule has 0 radical (unpaired) electrons. The zero-order chi connectivity index (χ0) is 8.27. The van der Waals surface area contributed by atoms with Crippen LogP contribution >= 0.6 is 11.6 Å². The fourth-order valence-electron chi connectivity index (χ4n) is 0.782. The lowest BCUT2D eigenvalue weighted by Crippen LogP contribution is -2.03. The molecule has 3 heteroatoms. The molecule has 1 unspecified atom stereocenters. The molecule has 1 aromatic rings. The summed E-state index contributed by atoms with van der Waals surface area (Å²) in [6.07, 6.45) is -0.974. The Kier molecular flexibility index (Phi) is 2.63. The third-order valence-corrected chi connectivity index (χ3v) is 1.56. The van der Waals surface area contributed by atoms with E-state index in [4.69, 9.17) is 17.0 Å². The van der Waals surface area contributed by atoms with Crippen molar-refractivity contribution in [2.45, 2.75) is 6.10 Å². The lowest BCUT2D eigenvalue weighted by molar-refractivity contribution is 0.249. The van der Waals surface area contributed by atoms with Crippen molar-refractivity contribution in [1.82, 2.24) is 0 Å². The minimum absolute atomic E-state index is 0.254. The standard InChI is InChI=1S/C8H8ClNO/c9-8(10)7(11)6-4-2-1-3-5-6/h1-5,7,10-11H. The molecule has 1 rings (SSSR count). The molecule has 0 heterocycles. The van der Waals surface area contributed by atoms with Crippen molar-refractivity contribution < 1.29 is 5.11 Å². The second-order valence-electron chi connectivity index (χ2n) is 2.16. The average Bonchev–Trinajstić information content (AvgIpc) is 2.05. The number of hydrogen-bond acceptors (Lipinski definition) is 2. The van der Waals surface area contributed by atoms with Crippen molar-refractivity contribution in [2.75, 3.05) is 0 Å². The number of nitrogens with one attached hydrogen (secondary N) is 1. The zero-order valence-electron chi connectivity index (χ0n) is 5.79. The third-order valence-electron chi connectivity index (χ3n) is 1.36. The van der Waals surface area contributed by atoms with E-state index in [0.29, 0.717) is 5.56 Å². The summed E-state index contributed by atoms with van der Waals surface area (Å²) >= 11 is 5.30. The molecule has 58 valence electrons. The van der Waals surface area contributed by atoms with Gasteiger partial charge >= 0.3 is 0 Å². The number of benzene rings is 1. The SMILES string of the molecule is N=C(Cl)C(O)c1ccccc1. The molecule has 0 saturated heterocycles. The largest absolute Gasteiger partial charge is 0.381 e. The summed E-state index contributed by atoms with van der Waals surface area (Å²) in [6, 6.07) is 8.87. The first-order valence-electron chi connectivity index (χ1n) is 3.19.